The molecule has 120 valence electrons. The van der Waals surface area contributed by atoms with Gasteiger partial charge in [0, 0.05) is 0 Å². The van der Waals surface area contributed by atoms with Crippen molar-refractivity contribution in [2.24, 2.45) is 0 Å². The van der Waals surface area contributed by atoms with Crippen LogP contribution in [0, 0.1) is 6.92 Å². The van der Waals surface area contributed by atoms with Gasteiger partial charge in [0.05, 0.1) is 0 Å². The molecule has 1 aliphatic carbocycles. The first-order chi connectivity index (χ1) is 8.70. The van der Waals surface area contributed by atoms with Gasteiger partial charge in [0.1, 0.15) is 0 Å². The summed E-state index contributed by atoms with van der Waals surface area (Å²) in [6, 6.07) is 8.71. The maximum absolute atomic E-state index is 2.27. The van der Waals surface area contributed by atoms with Crippen LogP contribution >= 0.6 is 0 Å². The van der Waals surface area contributed by atoms with Crippen LogP contribution in [0.2, 0.25) is 0 Å². The van der Waals surface area contributed by atoms with E-state index in [1.165, 1.54) is 36.8 Å². The molecule has 21 heavy (non-hydrogen) atoms. The molecule has 1 aromatic carbocycles. The summed E-state index contributed by atoms with van der Waals surface area (Å²) in [5.41, 5.74) is 2.76. The average molecular weight is 414 g/mol. The Kier molecular flexibility index (Phi) is 20.0. The van der Waals surface area contributed by atoms with Gasteiger partial charge >= 0.3 is 19.5 Å². The van der Waals surface area contributed by atoms with E-state index in [4.69, 9.17) is 0 Å². The minimum atomic E-state index is 0. The van der Waals surface area contributed by atoms with Gasteiger partial charge in [0.15, 0.2) is 0 Å². The second-order valence-electron chi connectivity index (χ2n) is 5.16. The Labute approximate surface area is 156 Å². The second kappa shape index (κ2) is 16.3. The molecule has 3 heteroatoms. The molecule has 0 unspecified atom stereocenters. The molecule has 0 aromatic heterocycles. The van der Waals surface area contributed by atoms with E-state index in [-0.39, 0.29) is 44.3 Å². The minimum Gasteiger partial charge on any atom is -1.00 e. The minimum absolute atomic E-state index is 0. The van der Waals surface area contributed by atoms with Gasteiger partial charge in [0.25, 0.3) is 0 Å². The van der Waals surface area contributed by atoms with Crippen LogP contribution in [0.25, 0.3) is 0 Å². The van der Waals surface area contributed by atoms with E-state index in [1.54, 1.807) is 0 Å². The van der Waals surface area contributed by atoms with Crippen LogP contribution < -0.4 is 24.8 Å². The number of hydrogen-bond acceptors (Lipinski definition) is 0. The molecule has 0 saturated carbocycles. The van der Waals surface area contributed by atoms with E-state index < -0.39 is 0 Å². The van der Waals surface area contributed by atoms with E-state index in [9.17, 15) is 0 Å². The van der Waals surface area contributed by atoms with Crippen molar-refractivity contribution in [1.82, 2.24) is 0 Å². The van der Waals surface area contributed by atoms with Crippen molar-refractivity contribution in [2.45, 2.75) is 52.4 Å². The topological polar surface area (TPSA) is 0 Å². The third-order valence-electron chi connectivity index (χ3n) is 3.08. The molecule has 2 rings (SSSR count). The molecule has 0 aliphatic heterocycles. The maximum Gasteiger partial charge on any atom is 2.00 e. The van der Waals surface area contributed by atoms with E-state index in [1.807, 2.05) is 0 Å². The maximum atomic E-state index is 2.27. The Hall–Kier alpha value is -0.0966. The average Bonchev–Trinajstić information content (AvgIpc) is 2.29. The molecular formula is C18H26Cl2Ru. The molecule has 0 spiro atoms. The quantitative estimate of drug-likeness (QED) is 0.441. The number of aryl methyl sites for hydroxylation is 1. The van der Waals surface area contributed by atoms with Gasteiger partial charge < -0.3 is 24.8 Å². The van der Waals surface area contributed by atoms with Gasteiger partial charge in [-0.25, -0.2) is 0 Å². The third kappa shape index (κ3) is 13.3. The normalized spacial score (nSPS) is 12.6. The zero-order valence-electron chi connectivity index (χ0n) is 13.1. The van der Waals surface area contributed by atoms with Crippen molar-refractivity contribution in [3.63, 3.8) is 0 Å². The number of rotatable bonds is 1. The predicted molar refractivity (Wildman–Crippen MR) is 82.0 cm³/mol. The number of allylic oxidation sites excluding steroid dienone is 4. The summed E-state index contributed by atoms with van der Waals surface area (Å²) in [7, 11) is 0. The van der Waals surface area contributed by atoms with Crippen molar-refractivity contribution < 1.29 is 44.3 Å². The Bertz CT molecular complexity index is 355. The van der Waals surface area contributed by atoms with Crippen molar-refractivity contribution in [3.05, 3.63) is 59.7 Å². The zero-order chi connectivity index (χ0) is 13.2. The molecule has 0 atom stereocenters. The fourth-order valence-electron chi connectivity index (χ4n) is 1.81. The first-order valence-electron chi connectivity index (χ1n) is 7.06. The molecule has 0 fully saturated rings. The first-order valence-corrected chi connectivity index (χ1v) is 7.06. The molecule has 0 heterocycles. The number of hydrogen-bond donors (Lipinski definition) is 0. The van der Waals surface area contributed by atoms with Crippen LogP contribution in [0.1, 0.15) is 56.6 Å². The zero-order valence-corrected chi connectivity index (χ0v) is 16.4. The van der Waals surface area contributed by atoms with Gasteiger partial charge in [-0.05, 0) is 44.1 Å². The molecule has 1 aromatic rings. The standard InChI is InChI=1S/C10H14.C8H12.2ClH.Ru/c1-8(2)10-6-4-9(3)5-7-10;1-2-4-6-8-7-5-3-1;;;/h4-8H,1-3H3;1-2,7-8H,3-6H2;2*1H;/q;;;;+2/p-2. The molecular weight excluding hydrogens is 388 g/mol. The summed E-state index contributed by atoms with van der Waals surface area (Å²) in [4.78, 5) is 0. The van der Waals surface area contributed by atoms with Crippen molar-refractivity contribution in [2.75, 3.05) is 0 Å². The summed E-state index contributed by atoms with van der Waals surface area (Å²) in [6.07, 6.45) is 14.0. The van der Waals surface area contributed by atoms with Crippen molar-refractivity contribution in [1.29, 1.82) is 0 Å². The summed E-state index contributed by atoms with van der Waals surface area (Å²) >= 11 is 0. The van der Waals surface area contributed by atoms with E-state index >= 15 is 0 Å². The molecule has 0 amide bonds. The van der Waals surface area contributed by atoms with Gasteiger partial charge in [-0.15, -0.1) is 0 Å². The Morgan fingerprint density at radius 1 is 0.714 bits per heavy atom. The van der Waals surface area contributed by atoms with E-state index in [2.05, 4.69) is 69.3 Å². The van der Waals surface area contributed by atoms with Crippen LogP contribution in [0.5, 0.6) is 0 Å². The van der Waals surface area contributed by atoms with E-state index in [0.29, 0.717) is 5.92 Å². The van der Waals surface area contributed by atoms with E-state index in [0.717, 1.165) is 0 Å². The summed E-state index contributed by atoms with van der Waals surface area (Å²) < 4.78 is 0. The van der Waals surface area contributed by atoms with Crippen LogP contribution in [-0.2, 0) is 19.5 Å². The SMILES string of the molecule is C1=CCCC=CCC1.Cc1ccc(C(C)C)cc1.[Cl-].[Cl-].[Ru+2]. The van der Waals surface area contributed by atoms with Crippen molar-refractivity contribution >= 4 is 0 Å². The van der Waals surface area contributed by atoms with Gasteiger partial charge in [-0.1, -0.05) is 68.0 Å². The molecule has 0 nitrogen and oxygen atoms in total. The van der Waals surface area contributed by atoms with Crippen LogP contribution in [0.4, 0.5) is 0 Å². The number of benzene rings is 1. The molecule has 0 radical (unpaired) electrons. The van der Waals surface area contributed by atoms with Crippen LogP contribution in [-0.4, -0.2) is 0 Å². The fraction of sp³-hybridized carbons (Fsp3) is 0.444. The summed E-state index contributed by atoms with van der Waals surface area (Å²) in [5.74, 6) is 0.653. The molecule has 0 bridgehead atoms. The Morgan fingerprint density at radius 2 is 1.05 bits per heavy atom. The van der Waals surface area contributed by atoms with Crippen molar-refractivity contribution in [3.8, 4) is 0 Å². The van der Waals surface area contributed by atoms with Crippen LogP contribution in [0.3, 0.4) is 0 Å². The Balaban J connectivity index is -0.000000274. The number of halogens is 2. The third-order valence-corrected chi connectivity index (χ3v) is 3.08. The van der Waals surface area contributed by atoms with Gasteiger partial charge in [-0.3, -0.25) is 0 Å². The monoisotopic (exact) mass is 414 g/mol. The molecule has 1 aliphatic rings. The van der Waals surface area contributed by atoms with Gasteiger partial charge in [0.2, 0.25) is 0 Å². The van der Waals surface area contributed by atoms with Gasteiger partial charge in [-0.2, -0.15) is 0 Å². The molecule has 0 saturated heterocycles. The summed E-state index contributed by atoms with van der Waals surface area (Å²) in [6.45, 7) is 6.54. The largest absolute Gasteiger partial charge is 2.00 e. The fourth-order valence-corrected chi connectivity index (χ4v) is 1.81. The summed E-state index contributed by atoms with van der Waals surface area (Å²) in [5, 5.41) is 0. The van der Waals surface area contributed by atoms with Crippen LogP contribution in [0.15, 0.2) is 48.6 Å². The predicted octanol–water partition coefficient (Wildman–Crippen LogP) is -0.203. The Morgan fingerprint density at radius 3 is 1.33 bits per heavy atom. The second-order valence-corrected chi connectivity index (χ2v) is 5.16. The molecule has 0 N–H and O–H groups in total. The first kappa shape index (κ1) is 25.8. The smallest absolute Gasteiger partial charge is 1.00 e.